The Morgan fingerprint density at radius 3 is 2.42 bits per heavy atom. The van der Waals surface area contributed by atoms with Crippen LogP contribution < -0.4 is 11.1 Å². The highest BCUT2D eigenvalue weighted by Crippen LogP contribution is 2.04. The number of hydrogen-bond donors (Lipinski definition) is 2. The van der Waals surface area contributed by atoms with Crippen LogP contribution in [0.2, 0.25) is 0 Å². The highest BCUT2D eigenvalue weighted by atomic mass is 16.2. The Balaban J connectivity index is 4.06. The van der Waals surface area contributed by atoms with Crippen molar-refractivity contribution in [1.82, 2.24) is 10.2 Å². The van der Waals surface area contributed by atoms with Gasteiger partial charge in [-0.1, -0.05) is 20.3 Å². The Morgan fingerprint density at radius 1 is 1.11 bits per heavy atom. The Morgan fingerprint density at radius 2 is 1.84 bits per heavy atom. The number of rotatable bonds is 11. The molecule has 0 aliphatic heterocycles. The number of nitrogens with two attached hydrogens (primary N) is 1. The van der Waals surface area contributed by atoms with Gasteiger partial charge in [-0.3, -0.25) is 9.59 Å². The van der Waals surface area contributed by atoms with E-state index in [2.05, 4.69) is 5.32 Å². The molecule has 0 unspecified atom stereocenters. The van der Waals surface area contributed by atoms with Crippen molar-refractivity contribution < 1.29 is 9.59 Å². The average Bonchev–Trinajstić information content (AvgIpc) is 2.40. The molecule has 3 N–H and O–H groups in total. The Bertz CT molecular complexity index is 257. The molecular weight excluding hydrogens is 242 g/mol. The van der Waals surface area contributed by atoms with Crippen molar-refractivity contribution in [1.29, 1.82) is 0 Å². The molecule has 0 atom stereocenters. The molecule has 0 aliphatic carbocycles. The summed E-state index contributed by atoms with van der Waals surface area (Å²) in [6, 6.07) is 0. The summed E-state index contributed by atoms with van der Waals surface area (Å²) < 4.78 is 0. The number of hydrogen-bond acceptors (Lipinski definition) is 3. The summed E-state index contributed by atoms with van der Waals surface area (Å²) in [5.41, 5.74) is 5.42. The van der Waals surface area contributed by atoms with Crippen molar-refractivity contribution in [2.24, 2.45) is 5.73 Å². The van der Waals surface area contributed by atoms with Crippen molar-refractivity contribution in [3.05, 3.63) is 0 Å². The molecule has 0 aliphatic rings. The molecule has 5 nitrogen and oxygen atoms in total. The second-order valence-electron chi connectivity index (χ2n) is 4.76. The maximum Gasteiger partial charge on any atom is 0.239 e. The molecule has 0 spiro atoms. The van der Waals surface area contributed by atoms with E-state index in [4.69, 9.17) is 5.73 Å². The van der Waals surface area contributed by atoms with Crippen molar-refractivity contribution in [3.63, 3.8) is 0 Å². The van der Waals surface area contributed by atoms with Crippen LogP contribution in [0.1, 0.15) is 52.4 Å². The lowest BCUT2D eigenvalue weighted by molar-refractivity contribution is -0.136. The van der Waals surface area contributed by atoms with Gasteiger partial charge in [0.25, 0.3) is 0 Å². The average molecular weight is 271 g/mol. The minimum Gasteiger partial charge on any atom is -0.355 e. The molecule has 0 aromatic carbocycles. The number of unbranched alkanes of at least 4 members (excludes halogenated alkanes) is 2. The highest BCUT2D eigenvalue weighted by molar-refractivity contribution is 5.84. The lowest BCUT2D eigenvalue weighted by Crippen LogP contribution is -2.41. The summed E-state index contributed by atoms with van der Waals surface area (Å²) >= 11 is 0. The minimum atomic E-state index is -0.0643. The van der Waals surface area contributed by atoms with Crippen molar-refractivity contribution in [3.8, 4) is 0 Å². The smallest absolute Gasteiger partial charge is 0.239 e. The first-order valence-electron chi connectivity index (χ1n) is 7.40. The van der Waals surface area contributed by atoms with Gasteiger partial charge in [-0.2, -0.15) is 0 Å². The number of nitrogens with one attached hydrogen (secondary N) is 1. The van der Waals surface area contributed by atoms with Gasteiger partial charge in [0, 0.05) is 19.5 Å². The van der Waals surface area contributed by atoms with Crippen molar-refractivity contribution >= 4 is 11.8 Å². The Kier molecular flexibility index (Phi) is 11.3. The second-order valence-corrected chi connectivity index (χ2v) is 4.76. The van der Waals surface area contributed by atoms with Gasteiger partial charge >= 0.3 is 0 Å². The van der Waals surface area contributed by atoms with E-state index in [1.54, 1.807) is 4.90 Å². The Labute approximate surface area is 116 Å². The third-order valence-corrected chi connectivity index (χ3v) is 2.85. The molecule has 2 amide bonds. The van der Waals surface area contributed by atoms with Crippen LogP contribution in [0.15, 0.2) is 0 Å². The number of carbonyl (C=O) groups is 2. The molecule has 0 aromatic rings. The Hall–Kier alpha value is -1.10. The van der Waals surface area contributed by atoms with Crippen LogP contribution in [0.5, 0.6) is 0 Å². The SMILES string of the molecule is CCCNC(=O)CN(CCC)C(=O)CCCCCN. The van der Waals surface area contributed by atoms with Gasteiger partial charge in [0.15, 0.2) is 0 Å². The normalized spacial score (nSPS) is 10.3. The summed E-state index contributed by atoms with van der Waals surface area (Å²) in [6.45, 7) is 6.19. The first kappa shape index (κ1) is 17.9. The van der Waals surface area contributed by atoms with Gasteiger partial charge in [-0.25, -0.2) is 0 Å². The summed E-state index contributed by atoms with van der Waals surface area (Å²) in [6.07, 6.45) is 5.08. The van der Waals surface area contributed by atoms with Crippen molar-refractivity contribution in [2.75, 3.05) is 26.2 Å². The number of amides is 2. The molecule has 112 valence electrons. The number of nitrogens with zero attached hydrogens (tertiary/aromatic N) is 1. The van der Waals surface area contributed by atoms with Crippen LogP contribution in [0, 0.1) is 0 Å². The standard InChI is InChI=1S/C14H29N3O2/c1-3-10-16-13(18)12-17(11-4-2)14(19)8-6-5-7-9-15/h3-12,15H2,1-2H3,(H,16,18). The molecule has 0 fully saturated rings. The fraction of sp³-hybridized carbons (Fsp3) is 0.857. The van der Waals surface area contributed by atoms with Gasteiger partial charge in [0.05, 0.1) is 6.54 Å². The van der Waals surface area contributed by atoms with Crippen LogP contribution in [0.4, 0.5) is 0 Å². The predicted molar refractivity (Wildman–Crippen MR) is 77.7 cm³/mol. The van der Waals surface area contributed by atoms with Crippen LogP contribution in [-0.4, -0.2) is 42.9 Å². The van der Waals surface area contributed by atoms with E-state index in [1.807, 2.05) is 13.8 Å². The van der Waals surface area contributed by atoms with Crippen LogP contribution in [-0.2, 0) is 9.59 Å². The summed E-state index contributed by atoms with van der Waals surface area (Å²) in [7, 11) is 0. The third-order valence-electron chi connectivity index (χ3n) is 2.85. The van der Waals surface area contributed by atoms with Gasteiger partial charge in [0.1, 0.15) is 0 Å². The van der Waals surface area contributed by atoms with Gasteiger partial charge in [-0.05, 0) is 32.2 Å². The van der Waals surface area contributed by atoms with Crippen molar-refractivity contribution in [2.45, 2.75) is 52.4 Å². The zero-order valence-electron chi connectivity index (χ0n) is 12.4. The lowest BCUT2D eigenvalue weighted by Gasteiger charge is -2.21. The topological polar surface area (TPSA) is 75.4 Å². The van der Waals surface area contributed by atoms with E-state index >= 15 is 0 Å². The lowest BCUT2D eigenvalue weighted by atomic mass is 10.1. The minimum absolute atomic E-state index is 0.0643. The fourth-order valence-corrected chi connectivity index (χ4v) is 1.81. The number of carbonyl (C=O) groups excluding carboxylic acids is 2. The predicted octanol–water partition coefficient (Wildman–Crippen LogP) is 1.27. The molecule has 0 aromatic heterocycles. The zero-order valence-corrected chi connectivity index (χ0v) is 12.4. The van der Waals surface area contributed by atoms with E-state index in [-0.39, 0.29) is 18.4 Å². The van der Waals surface area contributed by atoms with Gasteiger partial charge in [-0.15, -0.1) is 0 Å². The van der Waals surface area contributed by atoms with Gasteiger partial charge < -0.3 is 16.0 Å². The highest BCUT2D eigenvalue weighted by Gasteiger charge is 2.15. The fourth-order valence-electron chi connectivity index (χ4n) is 1.81. The van der Waals surface area contributed by atoms with Crippen LogP contribution >= 0.6 is 0 Å². The van der Waals surface area contributed by atoms with E-state index < -0.39 is 0 Å². The van der Waals surface area contributed by atoms with Crippen LogP contribution in [0.3, 0.4) is 0 Å². The zero-order chi connectivity index (χ0) is 14.5. The maximum absolute atomic E-state index is 12.0. The summed E-state index contributed by atoms with van der Waals surface area (Å²) in [5, 5.41) is 2.80. The molecule has 0 heterocycles. The molecule has 5 heteroatoms. The van der Waals surface area contributed by atoms with Crippen LogP contribution in [0.25, 0.3) is 0 Å². The molecule has 0 bridgehead atoms. The monoisotopic (exact) mass is 271 g/mol. The van der Waals surface area contributed by atoms with E-state index in [0.29, 0.717) is 26.1 Å². The molecule has 0 rings (SSSR count). The summed E-state index contributed by atoms with van der Waals surface area (Å²) in [4.78, 5) is 25.3. The van der Waals surface area contributed by atoms with E-state index in [0.717, 1.165) is 32.1 Å². The van der Waals surface area contributed by atoms with E-state index in [1.165, 1.54) is 0 Å². The van der Waals surface area contributed by atoms with Gasteiger partial charge in [0.2, 0.25) is 11.8 Å². The maximum atomic E-state index is 12.0. The quantitative estimate of drug-likeness (QED) is 0.556. The molecule has 0 saturated carbocycles. The first-order valence-corrected chi connectivity index (χ1v) is 7.40. The van der Waals surface area contributed by atoms with E-state index in [9.17, 15) is 9.59 Å². The molecule has 19 heavy (non-hydrogen) atoms. The molecular formula is C14H29N3O2. The third kappa shape index (κ3) is 9.47. The summed E-state index contributed by atoms with van der Waals surface area (Å²) in [5.74, 6) is 0.0103. The first-order chi connectivity index (χ1) is 9.15. The largest absolute Gasteiger partial charge is 0.355 e. The second kappa shape index (κ2) is 12.0. The molecule has 0 saturated heterocycles. The molecule has 0 radical (unpaired) electrons.